The second-order valence-corrected chi connectivity index (χ2v) is 4.36. The molecular formula is C15H17NO3. The smallest absolute Gasteiger partial charge is 0.250 e. The molecule has 0 spiro atoms. The third kappa shape index (κ3) is 2.85. The minimum Gasteiger partial charge on any atom is -0.497 e. The number of carbonyl (C=O) groups excluding carboxylic acids is 1. The summed E-state index contributed by atoms with van der Waals surface area (Å²) in [5.41, 5.74) is 3.30. The quantitative estimate of drug-likeness (QED) is 0.859. The van der Waals surface area contributed by atoms with Gasteiger partial charge >= 0.3 is 0 Å². The predicted octanol–water partition coefficient (Wildman–Crippen LogP) is 2.63. The van der Waals surface area contributed by atoms with Crippen LogP contribution in [-0.4, -0.2) is 20.1 Å². The summed E-state index contributed by atoms with van der Waals surface area (Å²) in [7, 11) is 3.07. The molecule has 0 bridgehead atoms. The first-order valence-electron chi connectivity index (χ1n) is 6.06. The summed E-state index contributed by atoms with van der Waals surface area (Å²) in [4.78, 5) is 16.4. The van der Waals surface area contributed by atoms with Crippen LogP contribution in [-0.2, 0) is 9.63 Å². The molecule has 1 N–H and O–H groups in total. The van der Waals surface area contributed by atoms with Gasteiger partial charge in [0.15, 0.2) is 0 Å². The average Bonchev–Trinajstić information content (AvgIpc) is 2.45. The van der Waals surface area contributed by atoms with Crippen molar-refractivity contribution in [3.05, 3.63) is 42.0 Å². The standard InChI is InChI=1S/C15H17NO3/c1-10(15(17)16-19-3)11-4-5-13-9-14(18-2)7-6-12(13)8-11/h4-10H,1-3H3,(H,16,17). The fourth-order valence-electron chi connectivity index (χ4n) is 1.98. The maximum absolute atomic E-state index is 11.7. The maximum Gasteiger partial charge on any atom is 0.250 e. The van der Waals surface area contributed by atoms with E-state index in [1.165, 1.54) is 7.11 Å². The van der Waals surface area contributed by atoms with Gasteiger partial charge in [-0.3, -0.25) is 9.63 Å². The summed E-state index contributed by atoms with van der Waals surface area (Å²) in [6.45, 7) is 1.85. The van der Waals surface area contributed by atoms with Crippen molar-refractivity contribution in [3.8, 4) is 5.75 Å². The number of nitrogens with one attached hydrogen (secondary N) is 1. The van der Waals surface area contributed by atoms with Crippen molar-refractivity contribution in [1.29, 1.82) is 0 Å². The zero-order valence-electron chi connectivity index (χ0n) is 11.3. The van der Waals surface area contributed by atoms with E-state index >= 15 is 0 Å². The third-order valence-electron chi connectivity index (χ3n) is 3.17. The highest BCUT2D eigenvalue weighted by Crippen LogP contribution is 2.25. The molecule has 1 amide bonds. The van der Waals surface area contributed by atoms with Crippen molar-refractivity contribution in [3.63, 3.8) is 0 Å². The van der Waals surface area contributed by atoms with Gasteiger partial charge in [-0.25, -0.2) is 5.48 Å². The van der Waals surface area contributed by atoms with E-state index in [0.29, 0.717) is 0 Å². The molecular weight excluding hydrogens is 242 g/mol. The molecule has 19 heavy (non-hydrogen) atoms. The summed E-state index contributed by atoms with van der Waals surface area (Å²) in [6.07, 6.45) is 0. The average molecular weight is 259 g/mol. The van der Waals surface area contributed by atoms with Gasteiger partial charge < -0.3 is 4.74 Å². The van der Waals surface area contributed by atoms with Gasteiger partial charge in [0.2, 0.25) is 0 Å². The molecule has 0 fully saturated rings. The number of hydrogen-bond acceptors (Lipinski definition) is 3. The Balaban J connectivity index is 2.33. The number of hydrogen-bond donors (Lipinski definition) is 1. The first-order chi connectivity index (χ1) is 9.15. The molecule has 0 heterocycles. The lowest BCUT2D eigenvalue weighted by molar-refractivity contribution is -0.132. The highest BCUT2D eigenvalue weighted by molar-refractivity contribution is 5.88. The summed E-state index contributed by atoms with van der Waals surface area (Å²) < 4.78 is 5.19. The van der Waals surface area contributed by atoms with Crippen LogP contribution in [0.25, 0.3) is 10.8 Å². The summed E-state index contributed by atoms with van der Waals surface area (Å²) >= 11 is 0. The molecule has 1 unspecified atom stereocenters. The Labute approximate surface area is 112 Å². The van der Waals surface area contributed by atoms with Gasteiger partial charge in [0.1, 0.15) is 5.75 Å². The van der Waals surface area contributed by atoms with Crippen LogP contribution in [0.4, 0.5) is 0 Å². The van der Waals surface area contributed by atoms with Crippen molar-refractivity contribution >= 4 is 16.7 Å². The maximum atomic E-state index is 11.7. The Bertz CT molecular complexity index is 595. The zero-order valence-corrected chi connectivity index (χ0v) is 11.3. The van der Waals surface area contributed by atoms with Crippen molar-refractivity contribution in [2.45, 2.75) is 12.8 Å². The minimum absolute atomic E-state index is 0.157. The van der Waals surface area contributed by atoms with Crippen molar-refractivity contribution in [2.24, 2.45) is 0 Å². The Hall–Kier alpha value is -2.07. The molecule has 0 aliphatic rings. The second-order valence-electron chi connectivity index (χ2n) is 4.36. The third-order valence-corrected chi connectivity index (χ3v) is 3.17. The SMILES string of the molecule is CONC(=O)C(C)c1ccc2cc(OC)ccc2c1. The molecule has 0 saturated heterocycles. The van der Waals surface area contributed by atoms with Crippen LogP contribution in [0, 0.1) is 0 Å². The van der Waals surface area contributed by atoms with Crippen LogP contribution in [0.15, 0.2) is 36.4 Å². The van der Waals surface area contributed by atoms with E-state index in [-0.39, 0.29) is 11.8 Å². The van der Waals surface area contributed by atoms with E-state index < -0.39 is 0 Å². The van der Waals surface area contributed by atoms with Crippen LogP contribution < -0.4 is 10.2 Å². The monoisotopic (exact) mass is 259 g/mol. The molecule has 0 radical (unpaired) electrons. The summed E-state index contributed by atoms with van der Waals surface area (Å²) in [5.74, 6) is 0.409. The second kappa shape index (κ2) is 5.71. The number of amides is 1. The van der Waals surface area contributed by atoms with E-state index in [0.717, 1.165) is 22.1 Å². The van der Waals surface area contributed by atoms with Gasteiger partial charge in [0.25, 0.3) is 5.91 Å². The summed E-state index contributed by atoms with van der Waals surface area (Å²) in [6, 6.07) is 11.8. The molecule has 0 aliphatic carbocycles. The summed E-state index contributed by atoms with van der Waals surface area (Å²) in [5, 5.41) is 2.16. The highest BCUT2D eigenvalue weighted by atomic mass is 16.6. The molecule has 1 atom stereocenters. The predicted molar refractivity (Wildman–Crippen MR) is 74.1 cm³/mol. The fraction of sp³-hybridized carbons (Fsp3) is 0.267. The largest absolute Gasteiger partial charge is 0.497 e. The van der Waals surface area contributed by atoms with Crippen LogP contribution in [0.1, 0.15) is 18.4 Å². The van der Waals surface area contributed by atoms with Gasteiger partial charge in [-0.15, -0.1) is 0 Å². The zero-order chi connectivity index (χ0) is 13.8. The molecule has 0 saturated carbocycles. The van der Waals surface area contributed by atoms with Gasteiger partial charge in [-0.1, -0.05) is 24.3 Å². The van der Waals surface area contributed by atoms with Crippen LogP contribution in [0.5, 0.6) is 5.75 Å². The molecule has 2 rings (SSSR count). The number of rotatable bonds is 4. The lowest BCUT2D eigenvalue weighted by atomic mass is 9.97. The number of ether oxygens (including phenoxy) is 1. The van der Waals surface area contributed by atoms with Crippen molar-refractivity contribution in [2.75, 3.05) is 14.2 Å². The van der Waals surface area contributed by atoms with E-state index in [1.54, 1.807) is 7.11 Å². The number of fused-ring (bicyclic) bond motifs is 1. The van der Waals surface area contributed by atoms with Crippen molar-refractivity contribution < 1.29 is 14.4 Å². The highest BCUT2D eigenvalue weighted by Gasteiger charge is 2.15. The first kappa shape index (κ1) is 13.4. The van der Waals surface area contributed by atoms with Gasteiger partial charge in [-0.2, -0.15) is 0 Å². The molecule has 4 heteroatoms. The molecule has 0 aromatic heterocycles. The first-order valence-corrected chi connectivity index (χ1v) is 6.06. The van der Waals surface area contributed by atoms with Gasteiger partial charge in [-0.05, 0) is 35.4 Å². The van der Waals surface area contributed by atoms with Gasteiger partial charge in [0, 0.05) is 0 Å². The Morgan fingerprint density at radius 2 is 1.79 bits per heavy atom. The molecule has 4 nitrogen and oxygen atoms in total. The van der Waals surface area contributed by atoms with E-state index in [2.05, 4.69) is 10.3 Å². The number of carbonyl (C=O) groups is 1. The Morgan fingerprint density at radius 1 is 1.11 bits per heavy atom. The molecule has 100 valence electrons. The topological polar surface area (TPSA) is 47.6 Å². The van der Waals surface area contributed by atoms with Crippen LogP contribution in [0.3, 0.4) is 0 Å². The lowest BCUT2D eigenvalue weighted by Crippen LogP contribution is -2.26. The van der Waals surface area contributed by atoms with Crippen LogP contribution >= 0.6 is 0 Å². The number of hydroxylamine groups is 1. The number of methoxy groups -OCH3 is 1. The molecule has 2 aromatic carbocycles. The number of benzene rings is 2. The fourth-order valence-corrected chi connectivity index (χ4v) is 1.98. The molecule has 2 aromatic rings. The van der Waals surface area contributed by atoms with E-state index in [9.17, 15) is 4.79 Å². The normalized spacial score (nSPS) is 12.2. The Kier molecular flexibility index (Phi) is 4.02. The lowest BCUT2D eigenvalue weighted by Gasteiger charge is -2.12. The Morgan fingerprint density at radius 3 is 2.47 bits per heavy atom. The van der Waals surface area contributed by atoms with Gasteiger partial charge in [0.05, 0.1) is 20.1 Å². The molecule has 0 aliphatic heterocycles. The van der Waals surface area contributed by atoms with E-state index in [4.69, 9.17) is 4.74 Å². The van der Waals surface area contributed by atoms with E-state index in [1.807, 2.05) is 43.3 Å². The van der Waals surface area contributed by atoms with Crippen molar-refractivity contribution in [1.82, 2.24) is 5.48 Å². The van der Waals surface area contributed by atoms with Crippen LogP contribution in [0.2, 0.25) is 0 Å². The minimum atomic E-state index is -0.258.